The van der Waals surface area contributed by atoms with Crippen molar-refractivity contribution in [1.82, 2.24) is 15.6 Å². The molecule has 1 aromatic heterocycles. The van der Waals surface area contributed by atoms with E-state index in [1.54, 1.807) is 18.3 Å². The molecular formula is C27H34F3N3O3. The van der Waals surface area contributed by atoms with E-state index < -0.39 is 24.5 Å². The molecule has 0 radical (unpaired) electrons. The van der Waals surface area contributed by atoms with Crippen molar-refractivity contribution in [3.63, 3.8) is 0 Å². The monoisotopic (exact) mass is 505 g/mol. The Bertz CT molecular complexity index is 1050. The van der Waals surface area contributed by atoms with E-state index in [-0.39, 0.29) is 36.3 Å². The van der Waals surface area contributed by atoms with Gasteiger partial charge in [0.25, 0.3) is 0 Å². The molecule has 4 rings (SSSR count). The number of carbonyl (C=O) groups is 1. The Labute approximate surface area is 209 Å². The fourth-order valence-electron chi connectivity index (χ4n) is 5.03. The molecule has 1 unspecified atom stereocenters. The summed E-state index contributed by atoms with van der Waals surface area (Å²) in [7, 11) is 0. The zero-order valence-electron chi connectivity index (χ0n) is 20.6. The number of amides is 1. The highest BCUT2D eigenvalue weighted by Gasteiger charge is 2.46. The lowest BCUT2D eigenvalue weighted by Gasteiger charge is -2.47. The first-order valence-corrected chi connectivity index (χ1v) is 12.5. The average molecular weight is 506 g/mol. The molecule has 4 atom stereocenters. The number of rotatable bonds is 10. The van der Waals surface area contributed by atoms with Crippen LogP contribution in [0.1, 0.15) is 62.3 Å². The van der Waals surface area contributed by atoms with Crippen LogP contribution in [0.4, 0.5) is 13.2 Å². The molecule has 2 aliphatic rings. The van der Waals surface area contributed by atoms with Crippen molar-refractivity contribution < 1.29 is 27.8 Å². The van der Waals surface area contributed by atoms with Crippen LogP contribution in [0.3, 0.4) is 0 Å². The largest absolute Gasteiger partial charge is 0.471 e. The van der Waals surface area contributed by atoms with Crippen molar-refractivity contribution >= 4 is 5.91 Å². The third kappa shape index (κ3) is 6.37. The fourth-order valence-corrected chi connectivity index (χ4v) is 5.03. The van der Waals surface area contributed by atoms with Crippen molar-refractivity contribution in [2.45, 2.75) is 82.6 Å². The Morgan fingerprint density at radius 3 is 2.56 bits per heavy atom. The molecule has 0 bridgehead atoms. The minimum atomic E-state index is -2.41. The van der Waals surface area contributed by atoms with Crippen LogP contribution in [0.15, 0.2) is 36.5 Å². The highest BCUT2D eigenvalue weighted by Crippen LogP contribution is 2.48. The lowest BCUT2D eigenvalue weighted by atomic mass is 9.73. The van der Waals surface area contributed by atoms with Crippen LogP contribution in [0.25, 0.3) is 0 Å². The van der Waals surface area contributed by atoms with Crippen LogP contribution < -0.4 is 15.4 Å². The van der Waals surface area contributed by atoms with Gasteiger partial charge in [-0.05, 0) is 61.4 Å². The molecule has 1 aromatic carbocycles. The Morgan fingerprint density at radius 2 is 1.94 bits per heavy atom. The van der Waals surface area contributed by atoms with Crippen molar-refractivity contribution in [2.75, 3.05) is 6.54 Å². The van der Waals surface area contributed by atoms with Gasteiger partial charge < -0.3 is 20.5 Å². The number of nitrogens with one attached hydrogen (secondary N) is 2. The van der Waals surface area contributed by atoms with Crippen molar-refractivity contribution in [2.24, 2.45) is 5.92 Å². The van der Waals surface area contributed by atoms with Gasteiger partial charge in [0.15, 0.2) is 0 Å². The highest BCUT2D eigenvalue weighted by atomic mass is 19.3. The summed E-state index contributed by atoms with van der Waals surface area (Å²) in [6.45, 7) is 3.09. The number of halogens is 3. The number of alkyl halides is 2. The standard InChI is InChI=1S/C27H34F3N3O3/c1-16(25(29)30)10-19-11-21-23(13-27(8-3-9-27)36-26(21)32-14-19)31-15-24(35)22(33-17(2)34)12-18-4-6-20(28)7-5-18/h4-7,11,14,16,22-25,31,35H,3,8-10,12-13,15H2,1-2H3,(H,33,34)/t16?,22-,23-,24-/m0/s1. The lowest BCUT2D eigenvalue weighted by Crippen LogP contribution is -2.52. The third-order valence-corrected chi connectivity index (χ3v) is 7.25. The molecule has 196 valence electrons. The topological polar surface area (TPSA) is 83.5 Å². The van der Waals surface area contributed by atoms with Crippen molar-refractivity contribution in [3.05, 3.63) is 59.0 Å². The van der Waals surface area contributed by atoms with Crippen LogP contribution in [-0.4, -0.2) is 46.7 Å². The van der Waals surface area contributed by atoms with Gasteiger partial charge in [-0.1, -0.05) is 19.1 Å². The first kappa shape index (κ1) is 26.4. The van der Waals surface area contributed by atoms with E-state index in [2.05, 4.69) is 15.6 Å². The van der Waals surface area contributed by atoms with E-state index in [9.17, 15) is 23.1 Å². The molecule has 1 fully saturated rings. The predicted molar refractivity (Wildman–Crippen MR) is 129 cm³/mol. The summed E-state index contributed by atoms with van der Waals surface area (Å²) in [6.07, 6.45) is 2.41. The first-order chi connectivity index (χ1) is 17.1. The first-order valence-electron chi connectivity index (χ1n) is 12.5. The Hall–Kier alpha value is -2.65. The van der Waals surface area contributed by atoms with Gasteiger partial charge in [0, 0.05) is 43.6 Å². The smallest absolute Gasteiger partial charge is 0.241 e. The molecule has 3 N–H and O–H groups in total. The minimum Gasteiger partial charge on any atom is -0.471 e. The maximum atomic E-state index is 13.3. The second kappa shape index (κ2) is 11.2. The lowest BCUT2D eigenvalue weighted by molar-refractivity contribution is -0.120. The van der Waals surface area contributed by atoms with E-state index in [0.717, 1.165) is 36.0 Å². The van der Waals surface area contributed by atoms with Gasteiger partial charge in [0.2, 0.25) is 18.2 Å². The summed E-state index contributed by atoms with van der Waals surface area (Å²) in [5.41, 5.74) is 2.01. The summed E-state index contributed by atoms with van der Waals surface area (Å²) in [6, 6.07) is 7.08. The number of hydrogen-bond acceptors (Lipinski definition) is 5. The number of ether oxygens (including phenoxy) is 1. The second-order valence-electron chi connectivity index (χ2n) is 10.3. The summed E-state index contributed by atoms with van der Waals surface area (Å²) >= 11 is 0. The predicted octanol–water partition coefficient (Wildman–Crippen LogP) is 4.11. The number of fused-ring (bicyclic) bond motifs is 1. The van der Waals surface area contributed by atoms with E-state index in [1.165, 1.54) is 26.0 Å². The number of hydrogen-bond donors (Lipinski definition) is 3. The molecule has 1 saturated carbocycles. The van der Waals surface area contributed by atoms with Crippen molar-refractivity contribution in [3.8, 4) is 5.88 Å². The average Bonchev–Trinajstić information content (AvgIpc) is 2.81. The van der Waals surface area contributed by atoms with Crippen LogP contribution in [-0.2, 0) is 17.6 Å². The summed E-state index contributed by atoms with van der Waals surface area (Å²) in [5.74, 6) is -0.902. The molecule has 1 aliphatic carbocycles. The Balaban J connectivity index is 1.49. The molecule has 1 spiro atoms. The second-order valence-corrected chi connectivity index (χ2v) is 10.3. The number of aliphatic hydroxyl groups is 1. The maximum absolute atomic E-state index is 13.3. The van der Waals surface area contributed by atoms with Crippen LogP contribution in [0.5, 0.6) is 5.88 Å². The zero-order chi connectivity index (χ0) is 25.9. The van der Waals surface area contributed by atoms with Crippen LogP contribution in [0.2, 0.25) is 0 Å². The quantitative estimate of drug-likeness (QED) is 0.453. The molecule has 36 heavy (non-hydrogen) atoms. The minimum absolute atomic E-state index is 0.179. The van der Waals surface area contributed by atoms with Gasteiger partial charge in [-0.3, -0.25) is 4.79 Å². The number of pyridine rings is 1. The normalized spacial score (nSPS) is 20.7. The van der Waals surface area contributed by atoms with Crippen LogP contribution >= 0.6 is 0 Å². The van der Waals surface area contributed by atoms with Gasteiger partial charge in [-0.15, -0.1) is 0 Å². The number of nitrogens with zero attached hydrogens (tertiary/aromatic N) is 1. The fraction of sp³-hybridized carbons (Fsp3) is 0.556. The summed E-state index contributed by atoms with van der Waals surface area (Å²) in [5, 5.41) is 17.2. The van der Waals surface area contributed by atoms with Gasteiger partial charge in [-0.25, -0.2) is 18.2 Å². The molecule has 2 aromatic rings. The number of aromatic nitrogens is 1. The number of benzene rings is 1. The van der Waals surface area contributed by atoms with Gasteiger partial charge in [-0.2, -0.15) is 0 Å². The van der Waals surface area contributed by atoms with Gasteiger partial charge in [0.1, 0.15) is 11.4 Å². The van der Waals surface area contributed by atoms with Gasteiger partial charge >= 0.3 is 0 Å². The van der Waals surface area contributed by atoms with E-state index in [0.29, 0.717) is 18.7 Å². The third-order valence-electron chi connectivity index (χ3n) is 7.25. The molecule has 6 nitrogen and oxygen atoms in total. The highest BCUT2D eigenvalue weighted by molar-refractivity contribution is 5.73. The van der Waals surface area contributed by atoms with E-state index in [4.69, 9.17) is 4.74 Å². The zero-order valence-corrected chi connectivity index (χ0v) is 20.6. The van der Waals surface area contributed by atoms with Crippen molar-refractivity contribution in [1.29, 1.82) is 0 Å². The molecule has 1 amide bonds. The Morgan fingerprint density at radius 1 is 1.22 bits per heavy atom. The molecular weight excluding hydrogens is 471 g/mol. The summed E-state index contributed by atoms with van der Waals surface area (Å²) < 4.78 is 45.7. The van der Waals surface area contributed by atoms with Crippen LogP contribution in [0, 0.1) is 11.7 Å². The van der Waals surface area contributed by atoms with E-state index >= 15 is 0 Å². The molecule has 9 heteroatoms. The molecule has 0 saturated heterocycles. The Kier molecular flexibility index (Phi) is 8.20. The maximum Gasteiger partial charge on any atom is 0.241 e. The number of aliphatic hydroxyl groups excluding tert-OH is 1. The number of carbonyl (C=O) groups excluding carboxylic acids is 1. The molecule has 1 aliphatic heterocycles. The summed E-state index contributed by atoms with van der Waals surface area (Å²) in [4.78, 5) is 16.3. The van der Waals surface area contributed by atoms with Gasteiger partial charge in [0.05, 0.1) is 12.1 Å². The molecule has 2 heterocycles. The van der Waals surface area contributed by atoms with E-state index in [1.807, 2.05) is 6.07 Å². The SMILES string of the molecule is CC(=O)N[C@@H](Cc1ccc(F)cc1)[C@@H](O)CN[C@H]1CC2(CCC2)Oc2ncc(CC(C)C(F)F)cc21.